The molecule has 3 aromatic rings. The number of aryl methyl sites for hydroxylation is 2. The van der Waals surface area contributed by atoms with E-state index in [0.717, 1.165) is 22.1 Å². The van der Waals surface area contributed by atoms with Crippen LogP contribution in [0.5, 0.6) is 0 Å². The minimum atomic E-state index is -0.242. The van der Waals surface area contributed by atoms with Crippen LogP contribution in [0.25, 0.3) is 22.1 Å². The lowest BCUT2D eigenvalue weighted by Crippen LogP contribution is -2.41. The molecule has 0 atom stereocenters. The first kappa shape index (κ1) is 16.7. The van der Waals surface area contributed by atoms with Crippen LogP contribution in [0.3, 0.4) is 0 Å². The molecule has 0 fully saturated rings. The molecule has 0 saturated carbocycles. The summed E-state index contributed by atoms with van der Waals surface area (Å²) in [5, 5.41) is 13.0. The van der Waals surface area contributed by atoms with E-state index in [1.807, 2.05) is 32.4 Å². The van der Waals surface area contributed by atoms with E-state index in [1.165, 1.54) is 17.3 Å². The van der Waals surface area contributed by atoms with Gasteiger partial charge < -0.3 is 9.88 Å². The molecule has 3 rings (SSSR count). The zero-order chi connectivity index (χ0) is 17.5. The van der Waals surface area contributed by atoms with Gasteiger partial charge in [-0.1, -0.05) is 23.4 Å². The van der Waals surface area contributed by atoms with E-state index in [0.29, 0.717) is 5.16 Å². The number of nitrogens with zero attached hydrogens (tertiary/aromatic N) is 4. The standard InChI is InChI=1S/C17H21N5OS/c1-10-6-7-12-11(8-10)14-15(22(12)5)18-16(21-20-14)24-9-13(23)19-17(2,3)4/h6-8H,9H2,1-5H3,(H,19,23). The van der Waals surface area contributed by atoms with Gasteiger partial charge in [-0.05, 0) is 39.8 Å². The smallest absolute Gasteiger partial charge is 0.230 e. The number of benzene rings is 1. The number of aromatic nitrogens is 4. The summed E-state index contributed by atoms with van der Waals surface area (Å²) in [5.41, 5.74) is 3.58. The van der Waals surface area contributed by atoms with Crippen molar-refractivity contribution in [3.05, 3.63) is 23.8 Å². The van der Waals surface area contributed by atoms with Crippen LogP contribution in [-0.4, -0.2) is 36.9 Å². The number of thioether (sulfide) groups is 1. The van der Waals surface area contributed by atoms with Crippen molar-refractivity contribution in [2.45, 2.75) is 38.4 Å². The van der Waals surface area contributed by atoms with E-state index in [1.54, 1.807) is 0 Å². The van der Waals surface area contributed by atoms with E-state index in [4.69, 9.17) is 0 Å². The molecule has 7 heteroatoms. The van der Waals surface area contributed by atoms with Crippen molar-refractivity contribution in [3.63, 3.8) is 0 Å². The highest BCUT2D eigenvalue weighted by Gasteiger charge is 2.16. The zero-order valence-electron chi connectivity index (χ0n) is 14.5. The quantitative estimate of drug-likeness (QED) is 0.740. The SMILES string of the molecule is Cc1ccc2c(c1)c1nnc(SCC(=O)NC(C)(C)C)nc1n2C. The second-order valence-corrected chi connectivity index (χ2v) is 7.88. The molecule has 6 nitrogen and oxygen atoms in total. The maximum Gasteiger partial charge on any atom is 0.230 e. The summed E-state index contributed by atoms with van der Waals surface area (Å²) in [6.45, 7) is 7.92. The third-order valence-electron chi connectivity index (χ3n) is 3.58. The summed E-state index contributed by atoms with van der Waals surface area (Å²) >= 11 is 1.30. The van der Waals surface area contributed by atoms with Crippen LogP contribution in [0.4, 0.5) is 0 Å². The molecule has 1 N–H and O–H groups in total. The average molecular weight is 343 g/mol. The van der Waals surface area contributed by atoms with E-state index in [2.05, 4.69) is 45.6 Å². The second kappa shape index (κ2) is 6.05. The van der Waals surface area contributed by atoms with Gasteiger partial charge in [-0.25, -0.2) is 4.98 Å². The van der Waals surface area contributed by atoms with Crippen molar-refractivity contribution in [2.24, 2.45) is 7.05 Å². The highest BCUT2D eigenvalue weighted by Crippen LogP contribution is 2.27. The van der Waals surface area contributed by atoms with Gasteiger partial charge in [0, 0.05) is 18.0 Å². The van der Waals surface area contributed by atoms with Gasteiger partial charge in [0.05, 0.1) is 11.3 Å². The average Bonchev–Trinajstić information content (AvgIpc) is 2.76. The third kappa shape index (κ3) is 3.36. The molecule has 0 aliphatic carbocycles. The number of amides is 1. The highest BCUT2D eigenvalue weighted by molar-refractivity contribution is 7.99. The Hall–Kier alpha value is -2.15. The Balaban J connectivity index is 1.88. The Morgan fingerprint density at radius 2 is 2.04 bits per heavy atom. The minimum Gasteiger partial charge on any atom is -0.351 e. The lowest BCUT2D eigenvalue weighted by molar-refractivity contribution is -0.119. The number of carbonyl (C=O) groups excluding carboxylic acids is 1. The molecule has 0 bridgehead atoms. The molecule has 2 aromatic heterocycles. The van der Waals surface area contributed by atoms with Crippen LogP contribution >= 0.6 is 11.8 Å². The maximum atomic E-state index is 11.9. The van der Waals surface area contributed by atoms with Gasteiger partial charge in [0.15, 0.2) is 5.65 Å². The van der Waals surface area contributed by atoms with Crippen molar-refractivity contribution in [1.82, 2.24) is 25.1 Å². The van der Waals surface area contributed by atoms with Crippen molar-refractivity contribution >= 4 is 39.7 Å². The minimum absolute atomic E-state index is 0.0381. The van der Waals surface area contributed by atoms with Gasteiger partial charge >= 0.3 is 0 Å². The summed E-state index contributed by atoms with van der Waals surface area (Å²) < 4.78 is 2.01. The Kier molecular flexibility index (Phi) is 4.21. The number of carbonyl (C=O) groups is 1. The molecule has 24 heavy (non-hydrogen) atoms. The van der Waals surface area contributed by atoms with Gasteiger partial charge in [0.2, 0.25) is 11.1 Å². The topological polar surface area (TPSA) is 72.7 Å². The summed E-state index contributed by atoms with van der Waals surface area (Å²) in [6, 6.07) is 6.23. The number of hydrogen-bond acceptors (Lipinski definition) is 5. The number of nitrogens with one attached hydrogen (secondary N) is 1. The molecule has 2 heterocycles. The third-order valence-corrected chi connectivity index (χ3v) is 4.42. The number of fused-ring (bicyclic) bond motifs is 3. The molecule has 0 aliphatic rings. The van der Waals surface area contributed by atoms with Crippen LogP contribution in [0, 0.1) is 6.92 Å². The van der Waals surface area contributed by atoms with Gasteiger partial charge in [0.1, 0.15) is 5.52 Å². The number of hydrogen-bond donors (Lipinski definition) is 1. The lowest BCUT2D eigenvalue weighted by Gasteiger charge is -2.20. The van der Waals surface area contributed by atoms with Crippen LogP contribution in [-0.2, 0) is 11.8 Å². The summed E-state index contributed by atoms with van der Waals surface area (Å²) in [4.78, 5) is 16.5. The van der Waals surface area contributed by atoms with Gasteiger partial charge in [-0.3, -0.25) is 4.79 Å². The maximum absolute atomic E-state index is 11.9. The molecule has 1 aromatic carbocycles. The van der Waals surface area contributed by atoms with Gasteiger partial charge in [-0.2, -0.15) is 0 Å². The van der Waals surface area contributed by atoms with Crippen molar-refractivity contribution < 1.29 is 4.79 Å². The van der Waals surface area contributed by atoms with Crippen LogP contribution in [0.15, 0.2) is 23.4 Å². The highest BCUT2D eigenvalue weighted by atomic mass is 32.2. The molecule has 0 aliphatic heterocycles. The molecule has 0 saturated heterocycles. The van der Waals surface area contributed by atoms with E-state index < -0.39 is 0 Å². The predicted octanol–water partition coefficient (Wildman–Crippen LogP) is 2.83. The Morgan fingerprint density at radius 1 is 1.29 bits per heavy atom. The zero-order valence-corrected chi connectivity index (χ0v) is 15.4. The largest absolute Gasteiger partial charge is 0.351 e. The van der Waals surface area contributed by atoms with E-state index in [-0.39, 0.29) is 17.2 Å². The monoisotopic (exact) mass is 343 g/mol. The first-order valence-corrected chi connectivity index (χ1v) is 8.76. The lowest BCUT2D eigenvalue weighted by atomic mass is 10.1. The molecule has 0 spiro atoms. The van der Waals surface area contributed by atoms with E-state index in [9.17, 15) is 4.79 Å². The Labute approximate surface area is 145 Å². The van der Waals surface area contributed by atoms with E-state index >= 15 is 0 Å². The van der Waals surface area contributed by atoms with Gasteiger partial charge in [-0.15, -0.1) is 10.2 Å². The van der Waals surface area contributed by atoms with Crippen molar-refractivity contribution in [2.75, 3.05) is 5.75 Å². The first-order valence-electron chi connectivity index (χ1n) is 7.78. The van der Waals surface area contributed by atoms with Crippen molar-refractivity contribution in [1.29, 1.82) is 0 Å². The van der Waals surface area contributed by atoms with Crippen LogP contribution in [0.1, 0.15) is 26.3 Å². The fourth-order valence-electron chi connectivity index (χ4n) is 2.60. The molecule has 0 radical (unpaired) electrons. The summed E-state index contributed by atoms with van der Waals surface area (Å²) in [7, 11) is 1.97. The number of rotatable bonds is 3. The molecular weight excluding hydrogens is 322 g/mol. The molecule has 1 amide bonds. The summed E-state index contributed by atoms with van der Waals surface area (Å²) in [5.74, 6) is 0.233. The second-order valence-electron chi connectivity index (χ2n) is 6.93. The van der Waals surface area contributed by atoms with Crippen molar-refractivity contribution in [3.8, 4) is 0 Å². The Bertz CT molecular complexity index is 926. The van der Waals surface area contributed by atoms with Crippen LogP contribution in [0.2, 0.25) is 0 Å². The fraction of sp³-hybridized carbons (Fsp3) is 0.412. The predicted molar refractivity (Wildman–Crippen MR) is 97.2 cm³/mol. The normalized spacial score (nSPS) is 12.0. The molecule has 126 valence electrons. The fourth-order valence-corrected chi connectivity index (χ4v) is 3.19. The molecular formula is C17H21N5OS. The Morgan fingerprint density at radius 3 is 2.75 bits per heavy atom. The van der Waals surface area contributed by atoms with Gasteiger partial charge in [0.25, 0.3) is 0 Å². The van der Waals surface area contributed by atoms with Crippen LogP contribution < -0.4 is 5.32 Å². The molecule has 0 unspecified atom stereocenters. The first-order chi connectivity index (χ1) is 11.2. The summed E-state index contributed by atoms with van der Waals surface area (Å²) in [6.07, 6.45) is 0.